The number of benzene rings is 2. The largest absolute Gasteiger partial charge is 0.479 e. The van der Waals surface area contributed by atoms with Crippen molar-refractivity contribution in [2.75, 3.05) is 0 Å². The number of amides is 1. The van der Waals surface area contributed by atoms with Crippen LogP contribution in [0.25, 0.3) is 6.08 Å². The summed E-state index contributed by atoms with van der Waals surface area (Å²) < 4.78 is 0.196. The molecule has 0 aromatic heterocycles. The van der Waals surface area contributed by atoms with Crippen LogP contribution in [0.5, 0.6) is 0 Å². The maximum atomic E-state index is 12.8. The van der Waals surface area contributed by atoms with Crippen molar-refractivity contribution in [3.63, 3.8) is 0 Å². The Labute approximate surface area is 159 Å². The Morgan fingerprint density at radius 3 is 2.27 bits per heavy atom. The zero-order valence-corrected chi connectivity index (χ0v) is 15.0. The molecule has 2 aromatic carbocycles. The molecule has 0 radical (unpaired) electrons. The Balaban J connectivity index is 1.93. The van der Waals surface area contributed by atoms with Crippen LogP contribution in [0.2, 0.25) is 0 Å². The second kappa shape index (κ2) is 7.63. The minimum Gasteiger partial charge on any atom is -0.479 e. The molecule has 1 N–H and O–H groups in total. The Kier molecular flexibility index (Phi) is 5.29. The van der Waals surface area contributed by atoms with E-state index in [1.807, 2.05) is 0 Å². The summed E-state index contributed by atoms with van der Waals surface area (Å²) in [6, 6.07) is 14.0. The molecule has 0 bridgehead atoms. The molecule has 0 saturated carbocycles. The third-order valence-corrected chi connectivity index (χ3v) is 5.13. The smallest absolute Gasteiger partial charge is 0.331 e. The Hall–Kier alpha value is -2.77. The molecule has 0 unspecified atom stereocenters. The summed E-state index contributed by atoms with van der Waals surface area (Å²) in [5.74, 6) is -1.60. The fraction of sp³-hybridized carbons (Fsp3) is 0.0526. The zero-order valence-electron chi connectivity index (χ0n) is 13.4. The minimum atomic E-state index is -1.17. The SMILES string of the molecule is O=Cc1ccc(/C=C2\SC(=S)N([C@H](C(=O)O)c3ccccc3)C2=O)cc1. The van der Waals surface area contributed by atoms with Crippen molar-refractivity contribution < 1.29 is 19.5 Å². The first kappa shape index (κ1) is 18.0. The molecular weight excluding hydrogens is 370 g/mol. The molecule has 1 heterocycles. The molecule has 1 amide bonds. The van der Waals surface area contributed by atoms with Crippen molar-refractivity contribution in [2.24, 2.45) is 0 Å². The van der Waals surface area contributed by atoms with Crippen LogP contribution in [0.3, 0.4) is 0 Å². The minimum absolute atomic E-state index is 0.196. The molecule has 1 atom stereocenters. The monoisotopic (exact) mass is 383 g/mol. The molecule has 1 saturated heterocycles. The van der Waals surface area contributed by atoms with Gasteiger partial charge in [-0.15, -0.1) is 0 Å². The number of carboxylic acids is 1. The predicted octanol–water partition coefficient (Wildman–Crippen LogP) is 3.53. The van der Waals surface area contributed by atoms with E-state index in [1.54, 1.807) is 60.7 Å². The third-order valence-electron chi connectivity index (χ3n) is 3.80. The molecule has 0 aliphatic carbocycles. The predicted molar refractivity (Wildman–Crippen MR) is 104 cm³/mol. The molecule has 7 heteroatoms. The molecule has 1 aliphatic heterocycles. The molecule has 26 heavy (non-hydrogen) atoms. The van der Waals surface area contributed by atoms with Crippen molar-refractivity contribution in [3.05, 3.63) is 76.2 Å². The lowest BCUT2D eigenvalue weighted by Gasteiger charge is -2.23. The van der Waals surface area contributed by atoms with E-state index in [1.165, 1.54) is 0 Å². The maximum Gasteiger partial charge on any atom is 0.331 e. The zero-order chi connectivity index (χ0) is 18.7. The summed E-state index contributed by atoms with van der Waals surface area (Å²) in [6.07, 6.45) is 2.37. The number of carbonyl (C=O) groups is 3. The van der Waals surface area contributed by atoms with Gasteiger partial charge in [-0.2, -0.15) is 0 Å². The highest BCUT2D eigenvalue weighted by molar-refractivity contribution is 8.26. The van der Waals surface area contributed by atoms with E-state index in [2.05, 4.69) is 0 Å². The van der Waals surface area contributed by atoms with Gasteiger partial charge in [0.1, 0.15) is 10.6 Å². The number of hydrogen-bond donors (Lipinski definition) is 1. The molecule has 1 fully saturated rings. The lowest BCUT2D eigenvalue weighted by atomic mass is 10.1. The highest BCUT2D eigenvalue weighted by atomic mass is 32.2. The molecular formula is C19H13NO4S2. The van der Waals surface area contributed by atoms with Crippen LogP contribution in [0.1, 0.15) is 27.5 Å². The van der Waals surface area contributed by atoms with Gasteiger partial charge in [-0.1, -0.05) is 78.6 Å². The first-order valence-electron chi connectivity index (χ1n) is 7.61. The van der Waals surface area contributed by atoms with Gasteiger partial charge in [-0.3, -0.25) is 14.5 Å². The Morgan fingerprint density at radius 2 is 1.69 bits per heavy atom. The molecule has 1 aliphatic rings. The standard InChI is InChI=1S/C19H13NO4S2/c21-11-13-8-6-12(7-9-13)10-15-17(22)20(19(25)26-15)16(18(23)24)14-4-2-1-3-5-14/h1-11,16H,(H,23,24)/b15-10-/t16-/m0/s1. The number of carboxylic acid groups (broad SMARTS) is 1. The summed E-state index contributed by atoms with van der Waals surface area (Å²) in [4.78, 5) is 36.8. The second-order valence-corrected chi connectivity index (χ2v) is 7.16. The van der Waals surface area contributed by atoms with Crippen molar-refractivity contribution in [1.82, 2.24) is 4.90 Å². The number of carbonyl (C=O) groups excluding carboxylic acids is 2. The number of hydrogen-bond acceptors (Lipinski definition) is 5. The highest BCUT2D eigenvalue weighted by Gasteiger charge is 2.41. The van der Waals surface area contributed by atoms with Crippen LogP contribution in [0.15, 0.2) is 59.5 Å². The van der Waals surface area contributed by atoms with Crippen LogP contribution < -0.4 is 0 Å². The average Bonchev–Trinajstić information content (AvgIpc) is 2.91. The van der Waals surface area contributed by atoms with E-state index < -0.39 is 17.9 Å². The Bertz CT molecular complexity index is 907. The second-order valence-electron chi connectivity index (χ2n) is 5.49. The molecule has 3 rings (SSSR count). The van der Waals surface area contributed by atoms with Crippen LogP contribution in [0.4, 0.5) is 0 Å². The summed E-state index contributed by atoms with van der Waals surface area (Å²) in [5, 5.41) is 9.64. The van der Waals surface area contributed by atoms with E-state index in [0.717, 1.165) is 28.5 Å². The first-order valence-corrected chi connectivity index (χ1v) is 8.84. The molecule has 2 aromatic rings. The third kappa shape index (κ3) is 3.58. The highest BCUT2D eigenvalue weighted by Crippen LogP contribution is 2.38. The van der Waals surface area contributed by atoms with E-state index in [4.69, 9.17) is 12.2 Å². The van der Waals surface area contributed by atoms with E-state index in [0.29, 0.717) is 16.0 Å². The van der Waals surface area contributed by atoms with E-state index >= 15 is 0 Å². The van der Waals surface area contributed by atoms with Crippen molar-refractivity contribution >= 4 is 52.5 Å². The van der Waals surface area contributed by atoms with Gasteiger partial charge in [0.2, 0.25) is 0 Å². The summed E-state index contributed by atoms with van der Waals surface area (Å²) in [6.45, 7) is 0. The Morgan fingerprint density at radius 1 is 1.08 bits per heavy atom. The fourth-order valence-corrected chi connectivity index (χ4v) is 3.88. The normalized spacial score (nSPS) is 16.8. The molecule has 0 spiro atoms. The lowest BCUT2D eigenvalue weighted by molar-refractivity contribution is -0.145. The van der Waals surface area contributed by atoms with Gasteiger partial charge < -0.3 is 5.11 Å². The number of nitrogens with zero attached hydrogens (tertiary/aromatic N) is 1. The van der Waals surface area contributed by atoms with Gasteiger partial charge in [0.05, 0.1) is 4.91 Å². The van der Waals surface area contributed by atoms with Crippen LogP contribution in [0, 0.1) is 0 Å². The fourth-order valence-electron chi connectivity index (χ4n) is 2.56. The van der Waals surface area contributed by atoms with Gasteiger partial charge in [-0.25, -0.2) is 4.79 Å². The van der Waals surface area contributed by atoms with Crippen molar-refractivity contribution in [3.8, 4) is 0 Å². The van der Waals surface area contributed by atoms with E-state index in [-0.39, 0.29) is 4.32 Å². The van der Waals surface area contributed by atoms with Gasteiger partial charge >= 0.3 is 5.97 Å². The average molecular weight is 383 g/mol. The number of rotatable bonds is 5. The first-order chi connectivity index (χ1) is 12.5. The summed E-state index contributed by atoms with van der Waals surface area (Å²) in [5.41, 5.74) is 1.74. The number of aldehydes is 1. The van der Waals surface area contributed by atoms with Crippen LogP contribution >= 0.6 is 24.0 Å². The summed E-state index contributed by atoms with van der Waals surface area (Å²) >= 11 is 6.33. The van der Waals surface area contributed by atoms with Gasteiger partial charge in [0.25, 0.3) is 5.91 Å². The lowest BCUT2D eigenvalue weighted by Crippen LogP contribution is -2.37. The van der Waals surface area contributed by atoms with Crippen molar-refractivity contribution in [1.29, 1.82) is 0 Å². The summed E-state index contributed by atoms with van der Waals surface area (Å²) in [7, 11) is 0. The van der Waals surface area contributed by atoms with Crippen molar-refractivity contribution in [2.45, 2.75) is 6.04 Å². The maximum absolute atomic E-state index is 12.8. The van der Waals surface area contributed by atoms with Gasteiger partial charge in [0.15, 0.2) is 6.04 Å². The van der Waals surface area contributed by atoms with Crippen LogP contribution in [-0.2, 0) is 9.59 Å². The van der Waals surface area contributed by atoms with Gasteiger partial charge in [-0.05, 0) is 17.2 Å². The molecule has 5 nitrogen and oxygen atoms in total. The number of thiocarbonyl (C=S) groups is 1. The van der Waals surface area contributed by atoms with Crippen LogP contribution in [-0.4, -0.2) is 32.5 Å². The quantitative estimate of drug-likeness (QED) is 0.484. The van der Waals surface area contributed by atoms with Gasteiger partial charge in [0, 0.05) is 5.56 Å². The number of aliphatic carboxylic acids is 1. The molecule has 130 valence electrons. The topological polar surface area (TPSA) is 74.7 Å². The van der Waals surface area contributed by atoms with E-state index in [9.17, 15) is 19.5 Å². The number of thioether (sulfide) groups is 1.